The van der Waals surface area contributed by atoms with Gasteiger partial charge in [-0.15, -0.1) is 0 Å². The lowest BCUT2D eigenvalue weighted by Gasteiger charge is -2.09. The van der Waals surface area contributed by atoms with Crippen LogP contribution in [-0.4, -0.2) is 14.2 Å². The van der Waals surface area contributed by atoms with Gasteiger partial charge in [-0.1, -0.05) is 0 Å². The van der Waals surface area contributed by atoms with Gasteiger partial charge in [0.1, 0.15) is 5.75 Å². The van der Waals surface area contributed by atoms with Crippen molar-refractivity contribution in [1.82, 2.24) is 0 Å². The van der Waals surface area contributed by atoms with Gasteiger partial charge in [0.15, 0.2) is 11.6 Å². The first-order valence-electron chi connectivity index (χ1n) is 5.47. The maximum atomic E-state index is 13.5. The van der Waals surface area contributed by atoms with Gasteiger partial charge in [0.25, 0.3) is 0 Å². The van der Waals surface area contributed by atoms with E-state index in [0.29, 0.717) is 5.69 Å². The molecule has 2 aromatic carbocycles. The second-order valence-electron chi connectivity index (χ2n) is 3.70. The summed E-state index contributed by atoms with van der Waals surface area (Å²) < 4.78 is 23.4. The van der Waals surface area contributed by atoms with E-state index in [0.717, 1.165) is 11.4 Å². The molecule has 0 amide bonds. The van der Waals surface area contributed by atoms with Crippen LogP contribution in [0.15, 0.2) is 42.5 Å². The van der Waals surface area contributed by atoms with Gasteiger partial charge in [-0.25, -0.2) is 4.39 Å². The Kier molecular flexibility index (Phi) is 3.67. The van der Waals surface area contributed by atoms with E-state index < -0.39 is 5.82 Å². The molecule has 0 aliphatic heterocycles. The Hall–Kier alpha value is -2.23. The van der Waals surface area contributed by atoms with Crippen molar-refractivity contribution in [3.8, 4) is 11.5 Å². The fourth-order valence-electron chi connectivity index (χ4n) is 1.59. The molecule has 94 valence electrons. The quantitative estimate of drug-likeness (QED) is 0.895. The van der Waals surface area contributed by atoms with Crippen LogP contribution in [0.1, 0.15) is 0 Å². The summed E-state index contributed by atoms with van der Waals surface area (Å²) >= 11 is 0. The minimum Gasteiger partial charge on any atom is -0.497 e. The summed E-state index contributed by atoms with van der Waals surface area (Å²) in [4.78, 5) is 0. The molecule has 0 atom stereocenters. The van der Waals surface area contributed by atoms with Gasteiger partial charge in [0.05, 0.1) is 14.2 Å². The average Bonchev–Trinajstić information content (AvgIpc) is 2.40. The minimum atomic E-state index is -0.393. The number of methoxy groups -OCH3 is 2. The molecule has 0 spiro atoms. The Morgan fingerprint density at radius 3 is 2.11 bits per heavy atom. The van der Waals surface area contributed by atoms with Crippen molar-refractivity contribution in [2.75, 3.05) is 19.5 Å². The molecule has 2 aromatic rings. The lowest BCUT2D eigenvalue weighted by molar-refractivity contribution is 0.386. The van der Waals surface area contributed by atoms with Crippen molar-refractivity contribution in [2.24, 2.45) is 0 Å². The van der Waals surface area contributed by atoms with Crippen molar-refractivity contribution in [2.45, 2.75) is 0 Å². The summed E-state index contributed by atoms with van der Waals surface area (Å²) in [7, 11) is 3.05. The average molecular weight is 247 g/mol. The van der Waals surface area contributed by atoms with Crippen LogP contribution in [0.4, 0.5) is 15.8 Å². The van der Waals surface area contributed by atoms with E-state index >= 15 is 0 Å². The minimum absolute atomic E-state index is 0.232. The Morgan fingerprint density at radius 2 is 1.56 bits per heavy atom. The van der Waals surface area contributed by atoms with Gasteiger partial charge in [-0.3, -0.25) is 0 Å². The summed E-state index contributed by atoms with van der Waals surface area (Å²) in [6, 6.07) is 12.1. The monoisotopic (exact) mass is 247 g/mol. The number of rotatable bonds is 4. The summed E-state index contributed by atoms with van der Waals surface area (Å²) in [5, 5.41) is 3.10. The molecule has 4 heteroatoms. The smallest absolute Gasteiger partial charge is 0.167 e. The SMILES string of the molecule is COc1ccc(Nc2ccc(OC)c(F)c2)cc1. The molecule has 0 fully saturated rings. The fraction of sp³-hybridized carbons (Fsp3) is 0.143. The number of benzene rings is 2. The summed E-state index contributed by atoms with van der Waals surface area (Å²) in [5.41, 5.74) is 1.53. The largest absolute Gasteiger partial charge is 0.497 e. The molecule has 2 rings (SSSR count). The molecule has 0 heterocycles. The molecule has 1 N–H and O–H groups in total. The number of ether oxygens (including phenoxy) is 2. The Balaban J connectivity index is 2.15. The second-order valence-corrected chi connectivity index (χ2v) is 3.70. The van der Waals surface area contributed by atoms with Gasteiger partial charge >= 0.3 is 0 Å². The number of hydrogen-bond acceptors (Lipinski definition) is 3. The molecular formula is C14H14FNO2. The first-order chi connectivity index (χ1) is 8.72. The third kappa shape index (κ3) is 2.71. The van der Waals surface area contributed by atoms with Gasteiger partial charge in [0.2, 0.25) is 0 Å². The number of nitrogens with one attached hydrogen (secondary N) is 1. The molecule has 18 heavy (non-hydrogen) atoms. The van der Waals surface area contributed by atoms with E-state index in [2.05, 4.69) is 5.32 Å². The molecule has 0 aromatic heterocycles. The van der Waals surface area contributed by atoms with Crippen molar-refractivity contribution in [1.29, 1.82) is 0 Å². The van der Waals surface area contributed by atoms with Gasteiger partial charge in [0, 0.05) is 17.4 Å². The standard InChI is InChI=1S/C14H14FNO2/c1-17-12-6-3-10(4-7-12)16-11-5-8-14(18-2)13(15)9-11/h3-9,16H,1-2H3. The van der Waals surface area contributed by atoms with Gasteiger partial charge in [-0.2, -0.15) is 0 Å². The highest BCUT2D eigenvalue weighted by Gasteiger charge is 2.03. The molecule has 0 radical (unpaired) electrons. The van der Waals surface area contributed by atoms with Gasteiger partial charge < -0.3 is 14.8 Å². The van der Waals surface area contributed by atoms with Crippen molar-refractivity contribution < 1.29 is 13.9 Å². The molecule has 3 nitrogen and oxygen atoms in total. The summed E-state index contributed by atoms with van der Waals surface area (Å²) in [6.45, 7) is 0. The summed E-state index contributed by atoms with van der Waals surface area (Å²) in [6.07, 6.45) is 0. The Bertz CT molecular complexity index is 526. The Morgan fingerprint density at radius 1 is 0.889 bits per heavy atom. The fourth-order valence-corrected chi connectivity index (χ4v) is 1.59. The van der Waals surface area contributed by atoms with Crippen molar-refractivity contribution in [3.63, 3.8) is 0 Å². The number of hydrogen-bond donors (Lipinski definition) is 1. The van der Waals surface area contributed by atoms with Crippen LogP contribution in [0, 0.1) is 5.82 Å². The van der Waals surface area contributed by atoms with Crippen molar-refractivity contribution in [3.05, 3.63) is 48.3 Å². The van der Waals surface area contributed by atoms with E-state index in [9.17, 15) is 4.39 Å². The third-order valence-corrected chi connectivity index (χ3v) is 2.53. The van der Waals surface area contributed by atoms with Crippen LogP contribution in [0.25, 0.3) is 0 Å². The van der Waals surface area contributed by atoms with E-state index in [1.54, 1.807) is 19.2 Å². The van der Waals surface area contributed by atoms with Crippen LogP contribution in [0.5, 0.6) is 11.5 Å². The predicted octanol–water partition coefficient (Wildman–Crippen LogP) is 3.59. The van der Waals surface area contributed by atoms with Crippen LogP contribution >= 0.6 is 0 Å². The molecule has 0 saturated heterocycles. The van der Waals surface area contributed by atoms with Crippen LogP contribution in [-0.2, 0) is 0 Å². The van der Waals surface area contributed by atoms with Crippen molar-refractivity contribution >= 4 is 11.4 Å². The zero-order valence-electron chi connectivity index (χ0n) is 10.2. The highest BCUT2D eigenvalue weighted by atomic mass is 19.1. The maximum Gasteiger partial charge on any atom is 0.167 e. The lowest BCUT2D eigenvalue weighted by atomic mass is 10.2. The first kappa shape index (κ1) is 12.2. The van der Waals surface area contributed by atoms with Gasteiger partial charge in [-0.05, 0) is 36.4 Å². The molecule has 0 bridgehead atoms. The molecule has 0 unspecified atom stereocenters. The maximum absolute atomic E-state index is 13.5. The molecular weight excluding hydrogens is 233 g/mol. The molecule has 0 aliphatic carbocycles. The van der Waals surface area contributed by atoms with Crippen LogP contribution in [0.3, 0.4) is 0 Å². The predicted molar refractivity (Wildman–Crippen MR) is 69.2 cm³/mol. The molecule has 0 aliphatic rings. The lowest BCUT2D eigenvalue weighted by Crippen LogP contribution is -1.93. The van der Waals surface area contributed by atoms with Crippen LogP contribution < -0.4 is 14.8 Å². The second kappa shape index (κ2) is 5.40. The van der Waals surface area contributed by atoms with E-state index in [1.807, 2.05) is 24.3 Å². The summed E-state index contributed by atoms with van der Waals surface area (Å²) in [5.74, 6) is 0.618. The highest BCUT2D eigenvalue weighted by Crippen LogP contribution is 2.24. The third-order valence-electron chi connectivity index (χ3n) is 2.53. The zero-order chi connectivity index (χ0) is 13.0. The van der Waals surface area contributed by atoms with E-state index in [1.165, 1.54) is 13.2 Å². The molecule has 0 saturated carbocycles. The van der Waals surface area contributed by atoms with E-state index in [4.69, 9.17) is 9.47 Å². The normalized spacial score (nSPS) is 9.94. The highest BCUT2D eigenvalue weighted by molar-refractivity contribution is 5.61. The number of halogens is 1. The topological polar surface area (TPSA) is 30.5 Å². The van der Waals surface area contributed by atoms with Crippen LogP contribution in [0.2, 0.25) is 0 Å². The first-order valence-corrected chi connectivity index (χ1v) is 5.47. The van der Waals surface area contributed by atoms with E-state index in [-0.39, 0.29) is 5.75 Å². The Labute approximate surface area is 105 Å². The zero-order valence-corrected chi connectivity index (χ0v) is 10.2. The number of anilines is 2.